The summed E-state index contributed by atoms with van der Waals surface area (Å²) in [5, 5.41) is 0. The molecular weight excluding hydrogens is 322 g/mol. The summed E-state index contributed by atoms with van der Waals surface area (Å²) in [6.45, 7) is 12.6. The van der Waals surface area contributed by atoms with E-state index in [9.17, 15) is 0 Å². The van der Waals surface area contributed by atoms with E-state index in [4.69, 9.17) is 5.73 Å². The monoisotopic (exact) mass is 353 g/mol. The van der Waals surface area contributed by atoms with Crippen molar-refractivity contribution < 1.29 is 0 Å². The molecule has 1 aliphatic rings. The molecule has 3 rings (SSSR count). The molecule has 0 unspecified atom stereocenters. The molecule has 0 radical (unpaired) electrons. The molecule has 0 spiro atoms. The molecule has 2 N–H and O–H groups in total. The molecule has 140 valence electrons. The Balaban J connectivity index is 1.89. The van der Waals surface area contributed by atoms with Crippen LogP contribution in [0.2, 0.25) is 0 Å². The van der Waals surface area contributed by atoms with Crippen molar-refractivity contribution in [1.82, 2.24) is 9.97 Å². The van der Waals surface area contributed by atoms with E-state index in [1.807, 2.05) is 0 Å². The van der Waals surface area contributed by atoms with E-state index in [-0.39, 0.29) is 0 Å². The van der Waals surface area contributed by atoms with Gasteiger partial charge >= 0.3 is 0 Å². The molecule has 0 amide bonds. The Hall–Kier alpha value is -2.30. The number of fused-ring (bicyclic) bond motifs is 1. The maximum Gasteiger partial charge on any atom is 0.157 e. The van der Waals surface area contributed by atoms with Gasteiger partial charge in [-0.15, -0.1) is 0 Å². The number of aromatic nitrogens is 2. The number of nitrogens with two attached hydrogens (primary N) is 1. The lowest BCUT2D eigenvalue weighted by molar-refractivity contribution is 0.549. The van der Waals surface area contributed by atoms with Crippen LogP contribution < -0.4 is 15.5 Å². The van der Waals surface area contributed by atoms with Crippen LogP contribution in [0.25, 0.3) is 0 Å². The Morgan fingerprint density at radius 2 is 1.69 bits per heavy atom. The van der Waals surface area contributed by atoms with Gasteiger partial charge in [0.1, 0.15) is 12.0 Å². The van der Waals surface area contributed by atoms with Gasteiger partial charge < -0.3 is 15.5 Å². The van der Waals surface area contributed by atoms with Crippen molar-refractivity contribution in [3.63, 3.8) is 0 Å². The third kappa shape index (κ3) is 4.09. The van der Waals surface area contributed by atoms with Gasteiger partial charge in [-0.25, -0.2) is 9.97 Å². The fourth-order valence-electron chi connectivity index (χ4n) is 3.69. The lowest BCUT2D eigenvalue weighted by atomic mass is 10.00. The summed E-state index contributed by atoms with van der Waals surface area (Å²) in [7, 11) is 0. The van der Waals surface area contributed by atoms with Crippen LogP contribution in [0, 0.1) is 11.8 Å². The minimum absolute atomic E-state index is 0.549. The molecule has 5 nitrogen and oxygen atoms in total. The van der Waals surface area contributed by atoms with E-state index >= 15 is 0 Å². The molecule has 0 saturated heterocycles. The summed E-state index contributed by atoms with van der Waals surface area (Å²) in [6.07, 6.45) is 2.69. The van der Waals surface area contributed by atoms with Crippen LogP contribution in [-0.4, -0.2) is 29.6 Å². The second-order valence-electron chi connectivity index (χ2n) is 8.07. The van der Waals surface area contributed by atoms with Crippen LogP contribution in [0.15, 0.2) is 30.6 Å². The van der Waals surface area contributed by atoms with Crippen molar-refractivity contribution >= 4 is 17.3 Å². The van der Waals surface area contributed by atoms with Crippen molar-refractivity contribution in [2.24, 2.45) is 11.8 Å². The van der Waals surface area contributed by atoms with E-state index in [1.54, 1.807) is 6.33 Å². The van der Waals surface area contributed by atoms with E-state index in [0.29, 0.717) is 17.5 Å². The summed E-state index contributed by atoms with van der Waals surface area (Å²) < 4.78 is 0. The Kier molecular flexibility index (Phi) is 5.64. The maximum absolute atomic E-state index is 6.58. The number of nitrogen functional groups attached to an aromatic ring is 1. The SMILES string of the molecule is CC(C)CN(CC(C)C)c1ncnc(N2CCc3ccccc3C2)c1N. The molecule has 1 aliphatic heterocycles. The highest BCUT2D eigenvalue weighted by Crippen LogP contribution is 2.32. The van der Waals surface area contributed by atoms with E-state index in [2.05, 4.69) is 71.7 Å². The summed E-state index contributed by atoms with van der Waals surface area (Å²) >= 11 is 0. The molecule has 0 saturated carbocycles. The second kappa shape index (κ2) is 7.94. The predicted octanol–water partition coefficient (Wildman–Crippen LogP) is 3.74. The van der Waals surface area contributed by atoms with Gasteiger partial charge in [0.2, 0.25) is 0 Å². The van der Waals surface area contributed by atoms with E-state index in [0.717, 1.165) is 44.2 Å². The number of benzene rings is 1. The summed E-state index contributed by atoms with van der Waals surface area (Å²) in [5.41, 5.74) is 10.1. The average Bonchev–Trinajstić information content (AvgIpc) is 2.60. The fraction of sp³-hybridized carbons (Fsp3) is 0.524. The van der Waals surface area contributed by atoms with Crippen LogP contribution in [-0.2, 0) is 13.0 Å². The van der Waals surface area contributed by atoms with Crippen LogP contribution >= 0.6 is 0 Å². The lowest BCUT2D eigenvalue weighted by Crippen LogP contribution is -2.35. The quantitative estimate of drug-likeness (QED) is 0.857. The first-order valence-electron chi connectivity index (χ1n) is 9.62. The van der Waals surface area contributed by atoms with Gasteiger partial charge in [0.15, 0.2) is 11.6 Å². The number of hydrogen-bond donors (Lipinski definition) is 1. The Bertz CT molecular complexity index is 731. The molecule has 0 atom stereocenters. The normalized spacial score (nSPS) is 14.0. The molecule has 26 heavy (non-hydrogen) atoms. The number of nitrogens with zero attached hydrogens (tertiary/aromatic N) is 4. The van der Waals surface area contributed by atoms with Gasteiger partial charge in [0.25, 0.3) is 0 Å². The zero-order chi connectivity index (χ0) is 18.7. The lowest BCUT2D eigenvalue weighted by Gasteiger charge is -2.33. The third-order valence-electron chi connectivity index (χ3n) is 4.74. The molecule has 0 fully saturated rings. The zero-order valence-corrected chi connectivity index (χ0v) is 16.4. The van der Waals surface area contributed by atoms with Crippen LogP contribution in [0.5, 0.6) is 0 Å². The van der Waals surface area contributed by atoms with Gasteiger partial charge in [-0.3, -0.25) is 0 Å². The summed E-state index contributed by atoms with van der Waals surface area (Å²) in [6, 6.07) is 8.63. The molecule has 1 aromatic heterocycles. The fourth-order valence-corrected chi connectivity index (χ4v) is 3.69. The predicted molar refractivity (Wildman–Crippen MR) is 110 cm³/mol. The average molecular weight is 354 g/mol. The molecular formula is C21H31N5. The molecule has 2 aromatic rings. The third-order valence-corrected chi connectivity index (χ3v) is 4.74. The number of hydrogen-bond acceptors (Lipinski definition) is 5. The largest absolute Gasteiger partial charge is 0.393 e. The first kappa shape index (κ1) is 18.5. The maximum atomic E-state index is 6.58. The zero-order valence-electron chi connectivity index (χ0n) is 16.4. The number of anilines is 3. The van der Waals surface area contributed by atoms with Gasteiger partial charge in [-0.2, -0.15) is 0 Å². The van der Waals surface area contributed by atoms with Crippen molar-refractivity contribution in [3.05, 3.63) is 41.7 Å². The smallest absolute Gasteiger partial charge is 0.157 e. The van der Waals surface area contributed by atoms with Gasteiger partial charge in [0, 0.05) is 26.2 Å². The highest BCUT2D eigenvalue weighted by Gasteiger charge is 2.23. The first-order valence-corrected chi connectivity index (χ1v) is 9.62. The van der Waals surface area contributed by atoms with Crippen molar-refractivity contribution in [2.45, 2.75) is 40.7 Å². The minimum atomic E-state index is 0.549. The number of rotatable bonds is 6. The molecule has 5 heteroatoms. The molecule has 0 aliphatic carbocycles. The highest BCUT2D eigenvalue weighted by molar-refractivity contribution is 5.76. The molecule has 2 heterocycles. The van der Waals surface area contributed by atoms with Gasteiger partial charge in [0.05, 0.1) is 0 Å². The molecule has 1 aromatic carbocycles. The minimum Gasteiger partial charge on any atom is -0.393 e. The Morgan fingerprint density at radius 1 is 1.04 bits per heavy atom. The second-order valence-corrected chi connectivity index (χ2v) is 8.07. The topological polar surface area (TPSA) is 58.3 Å². The van der Waals surface area contributed by atoms with Crippen LogP contribution in [0.4, 0.5) is 17.3 Å². The van der Waals surface area contributed by atoms with E-state index < -0.39 is 0 Å². The van der Waals surface area contributed by atoms with Crippen LogP contribution in [0.3, 0.4) is 0 Å². The van der Waals surface area contributed by atoms with E-state index in [1.165, 1.54) is 11.1 Å². The van der Waals surface area contributed by atoms with Crippen molar-refractivity contribution in [1.29, 1.82) is 0 Å². The standard InChI is InChI=1S/C21H31N5/c1-15(2)11-26(12-16(3)4)21-19(22)20(23-14-24-21)25-10-9-17-7-5-6-8-18(17)13-25/h5-8,14-16H,9-13,22H2,1-4H3. The van der Waals surface area contributed by atoms with Crippen LogP contribution in [0.1, 0.15) is 38.8 Å². The molecule has 0 bridgehead atoms. The van der Waals surface area contributed by atoms with Crippen molar-refractivity contribution in [3.8, 4) is 0 Å². The summed E-state index contributed by atoms with van der Waals surface area (Å²) in [4.78, 5) is 13.7. The van der Waals surface area contributed by atoms with Gasteiger partial charge in [-0.05, 0) is 29.4 Å². The Morgan fingerprint density at radius 3 is 2.35 bits per heavy atom. The summed E-state index contributed by atoms with van der Waals surface area (Å²) in [5.74, 6) is 2.83. The van der Waals surface area contributed by atoms with Crippen molar-refractivity contribution in [2.75, 3.05) is 35.2 Å². The van der Waals surface area contributed by atoms with Gasteiger partial charge in [-0.1, -0.05) is 52.0 Å². The highest BCUT2D eigenvalue weighted by atomic mass is 15.3. The Labute approximate surface area is 157 Å². The first-order chi connectivity index (χ1) is 12.5.